The summed E-state index contributed by atoms with van der Waals surface area (Å²) in [5.74, 6) is 0. The summed E-state index contributed by atoms with van der Waals surface area (Å²) < 4.78 is 4.02. The molecule has 0 saturated heterocycles. The van der Waals surface area contributed by atoms with Gasteiger partial charge in [0.1, 0.15) is 0 Å². The van der Waals surface area contributed by atoms with Crippen LogP contribution in [0, 0.1) is 0 Å². The Morgan fingerprint density at radius 1 is 1.22 bits per heavy atom. The van der Waals surface area contributed by atoms with E-state index in [1.165, 1.54) is 22.4 Å². The van der Waals surface area contributed by atoms with Crippen LogP contribution in [0.15, 0.2) is 51.6 Å². The molecule has 116 valence electrons. The first kappa shape index (κ1) is 18.3. The summed E-state index contributed by atoms with van der Waals surface area (Å²) in [5, 5.41) is 11.7. The maximum Gasteiger partial charge on any atom is -1.00 e. The molecule has 0 aliphatic heterocycles. The number of benzene rings is 1. The molecule has 2 aliphatic rings. The molecule has 0 spiro atoms. The topological polar surface area (TPSA) is 43.6 Å². The van der Waals surface area contributed by atoms with Crippen molar-refractivity contribution in [1.29, 1.82) is 0 Å². The summed E-state index contributed by atoms with van der Waals surface area (Å²) in [6, 6.07) is 8.68. The molecule has 0 radical (unpaired) electrons. The summed E-state index contributed by atoms with van der Waals surface area (Å²) in [6.07, 6.45) is 9.64. The van der Waals surface area contributed by atoms with Crippen LogP contribution >= 0.6 is 0 Å². The van der Waals surface area contributed by atoms with Crippen molar-refractivity contribution in [2.45, 2.75) is 17.0 Å². The fourth-order valence-corrected chi connectivity index (χ4v) is 7.02. The van der Waals surface area contributed by atoms with Crippen LogP contribution in [-0.2, 0) is 23.2 Å². The van der Waals surface area contributed by atoms with Gasteiger partial charge in [-0.3, -0.25) is 0 Å². The standard InChI is InChI=1S/C10H7N4.C6H7.2ClH.Zr/c1-2-4-9-6-10(5-8(9)3-1)14-7-11-12-13-14;1-6-4-2-3-5-6;;;/h1-7H;2,4H,3H2,1H3;2*1H;/q;;;;+2/p-2. The number of hydrogen-bond donors (Lipinski definition) is 0. The first-order valence-electron chi connectivity index (χ1n) is 6.99. The molecule has 1 unspecified atom stereocenters. The second kappa shape index (κ2) is 7.70. The zero-order chi connectivity index (χ0) is 14.2. The first-order valence-corrected chi connectivity index (χ1v) is 9.64. The predicted molar refractivity (Wildman–Crippen MR) is 77.6 cm³/mol. The van der Waals surface area contributed by atoms with Gasteiger partial charge in [-0.2, -0.15) is 0 Å². The van der Waals surface area contributed by atoms with Crippen molar-refractivity contribution >= 4 is 11.8 Å². The average molecular weight is 424 g/mol. The smallest absolute Gasteiger partial charge is 1.00 e. The van der Waals surface area contributed by atoms with Crippen molar-refractivity contribution in [3.63, 3.8) is 0 Å². The van der Waals surface area contributed by atoms with Crippen LogP contribution in [0.25, 0.3) is 11.8 Å². The number of nitrogens with zero attached hydrogens (tertiary/aromatic N) is 4. The van der Waals surface area contributed by atoms with Gasteiger partial charge in [0.25, 0.3) is 0 Å². The SMILES string of the molecule is CC1=[C]([Zr+2][CH]2C(n3cnnn3)=Cc3ccccc32)CC=C1.[Cl-].[Cl-]. The van der Waals surface area contributed by atoms with Crippen LogP contribution in [0.1, 0.15) is 28.1 Å². The van der Waals surface area contributed by atoms with Gasteiger partial charge in [-0.15, -0.1) is 0 Å². The second-order valence-electron chi connectivity index (χ2n) is 5.30. The molecule has 1 aromatic carbocycles. The number of aromatic nitrogens is 4. The van der Waals surface area contributed by atoms with Gasteiger partial charge in [-0.1, -0.05) is 0 Å². The Labute approximate surface area is 159 Å². The molecule has 4 nitrogen and oxygen atoms in total. The van der Waals surface area contributed by atoms with Crippen molar-refractivity contribution in [1.82, 2.24) is 20.2 Å². The van der Waals surface area contributed by atoms with E-state index in [0.29, 0.717) is 3.63 Å². The van der Waals surface area contributed by atoms with Crippen LogP contribution in [0.5, 0.6) is 0 Å². The van der Waals surface area contributed by atoms with E-state index in [-0.39, 0.29) is 24.8 Å². The Kier molecular flexibility index (Phi) is 6.13. The molecule has 0 N–H and O–H groups in total. The van der Waals surface area contributed by atoms with E-state index in [2.05, 4.69) is 64.9 Å². The van der Waals surface area contributed by atoms with E-state index in [0.717, 1.165) is 6.42 Å². The third-order valence-corrected chi connectivity index (χ3v) is 8.53. The van der Waals surface area contributed by atoms with E-state index in [4.69, 9.17) is 0 Å². The quantitative estimate of drug-likeness (QED) is 0.530. The second-order valence-corrected chi connectivity index (χ2v) is 8.91. The summed E-state index contributed by atoms with van der Waals surface area (Å²) in [6.45, 7) is 2.24. The molecule has 1 aromatic heterocycles. The van der Waals surface area contributed by atoms with Gasteiger partial charge in [0.2, 0.25) is 0 Å². The Hall–Kier alpha value is -1.03. The van der Waals surface area contributed by atoms with Crippen molar-refractivity contribution in [2.75, 3.05) is 0 Å². The Bertz CT molecular complexity index is 781. The minimum absolute atomic E-state index is 0. The van der Waals surface area contributed by atoms with Gasteiger partial charge in [0.15, 0.2) is 0 Å². The molecule has 2 aromatic rings. The summed E-state index contributed by atoms with van der Waals surface area (Å²) in [5.41, 5.74) is 5.47. The zero-order valence-corrected chi connectivity index (χ0v) is 16.4. The monoisotopic (exact) mass is 422 g/mol. The van der Waals surface area contributed by atoms with E-state index in [9.17, 15) is 0 Å². The van der Waals surface area contributed by atoms with Crippen LogP contribution in [-0.4, -0.2) is 20.2 Å². The fourth-order valence-electron chi connectivity index (χ4n) is 2.90. The van der Waals surface area contributed by atoms with Crippen LogP contribution in [0.3, 0.4) is 0 Å². The molecule has 4 rings (SSSR count). The maximum atomic E-state index is 4.11. The van der Waals surface area contributed by atoms with E-state index >= 15 is 0 Å². The first-order chi connectivity index (χ1) is 10.3. The van der Waals surface area contributed by atoms with Crippen LogP contribution < -0.4 is 24.8 Å². The molecule has 1 heterocycles. The van der Waals surface area contributed by atoms with Crippen molar-refractivity contribution < 1.29 is 48.0 Å². The number of tetrazole rings is 1. The molecule has 0 saturated carbocycles. The molecule has 0 amide bonds. The largest absolute Gasteiger partial charge is 1.00 e. The molecular weight excluding hydrogens is 410 g/mol. The zero-order valence-electron chi connectivity index (χ0n) is 12.4. The number of rotatable bonds is 3. The number of fused-ring (bicyclic) bond motifs is 1. The molecule has 23 heavy (non-hydrogen) atoms. The van der Waals surface area contributed by atoms with Crippen molar-refractivity contribution in [2.24, 2.45) is 0 Å². The van der Waals surface area contributed by atoms with E-state index in [1.807, 2.05) is 4.68 Å². The predicted octanol–water partition coefficient (Wildman–Crippen LogP) is -2.95. The van der Waals surface area contributed by atoms with E-state index in [1.54, 1.807) is 9.61 Å². The number of hydrogen-bond acceptors (Lipinski definition) is 3. The molecule has 0 bridgehead atoms. The minimum Gasteiger partial charge on any atom is -1.00 e. The van der Waals surface area contributed by atoms with Gasteiger partial charge >= 0.3 is 135 Å². The van der Waals surface area contributed by atoms with Gasteiger partial charge in [0.05, 0.1) is 0 Å². The Morgan fingerprint density at radius 3 is 2.74 bits per heavy atom. The van der Waals surface area contributed by atoms with Gasteiger partial charge < -0.3 is 24.8 Å². The Morgan fingerprint density at radius 2 is 2.04 bits per heavy atom. The molecule has 0 fully saturated rings. The van der Waals surface area contributed by atoms with Gasteiger partial charge in [0, 0.05) is 0 Å². The van der Waals surface area contributed by atoms with Crippen LogP contribution in [0.4, 0.5) is 0 Å². The van der Waals surface area contributed by atoms with Gasteiger partial charge in [-0.25, -0.2) is 0 Å². The van der Waals surface area contributed by atoms with E-state index < -0.39 is 23.2 Å². The molecule has 2 aliphatic carbocycles. The summed E-state index contributed by atoms with van der Waals surface area (Å²) >= 11 is -0.756. The normalized spacial score (nSPS) is 18.0. The Balaban J connectivity index is 0.000000960. The third-order valence-electron chi connectivity index (χ3n) is 4.00. The molecule has 1 atom stereocenters. The maximum absolute atomic E-state index is 4.11. The van der Waals surface area contributed by atoms with Crippen molar-refractivity contribution in [3.05, 3.63) is 62.7 Å². The fraction of sp³-hybridized carbons (Fsp3) is 0.188. The number of halogens is 2. The average Bonchev–Trinajstić information content (AvgIpc) is 3.21. The third kappa shape index (κ3) is 3.42. The molecule has 7 heteroatoms. The van der Waals surface area contributed by atoms with Crippen LogP contribution in [0.2, 0.25) is 0 Å². The minimum atomic E-state index is -0.756. The summed E-state index contributed by atoms with van der Waals surface area (Å²) in [7, 11) is 0. The summed E-state index contributed by atoms with van der Waals surface area (Å²) in [4.78, 5) is 0. The molecular formula is C16H14Cl2N4Zr. The number of allylic oxidation sites excluding steroid dienone is 5. The van der Waals surface area contributed by atoms with Crippen molar-refractivity contribution in [3.8, 4) is 0 Å². The van der Waals surface area contributed by atoms with Gasteiger partial charge in [-0.05, 0) is 0 Å².